The average Bonchev–Trinajstić information content (AvgIpc) is 2.38. The highest BCUT2D eigenvalue weighted by Gasteiger charge is 2.19. The van der Waals surface area contributed by atoms with E-state index in [0.29, 0.717) is 11.6 Å². The van der Waals surface area contributed by atoms with Gasteiger partial charge in [0.25, 0.3) is 0 Å². The monoisotopic (exact) mass is 299 g/mol. The van der Waals surface area contributed by atoms with E-state index in [1.165, 1.54) is 0 Å². The van der Waals surface area contributed by atoms with Gasteiger partial charge in [0.2, 0.25) is 0 Å². The lowest BCUT2D eigenvalue weighted by molar-refractivity contribution is 0.0321. The summed E-state index contributed by atoms with van der Waals surface area (Å²) in [6.07, 6.45) is 1.32. The van der Waals surface area contributed by atoms with Crippen molar-refractivity contribution in [2.24, 2.45) is 0 Å². The first-order valence-corrected chi connectivity index (χ1v) is 7.68. The van der Waals surface area contributed by atoms with Gasteiger partial charge in [-0.25, -0.2) is 0 Å². The molecule has 2 unspecified atom stereocenters. The quantitative estimate of drug-likeness (QED) is 0.750. The van der Waals surface area contributed by atoms with Crippen LogP contribution in [0.1, 0.15) is 34.1 Å². The van der Waals surface area contributed by atoms with E-state index >= 15 is 0 Å². The number of rotatable bonds is 9. The second-order valence-corrected chi connectivity index (χ2v) is 5.66. The zero-order valence-electron chi connectivity index (χ0n) is 12.9. The van der Waals surface area contributed by atoms with Crippen molar-refractivity contribution in [2.45, 2.75) is 52.4 Å². The molecular formula is C16H26ClNO2. The van der Waals surface area contributed by atoms with Crippen LogP contribution in [0.5, 0.6) is 5.75 Å². The summed E-state index contributed by atoms with van der Waals surface area (Å²) in [5.41, 5.74) is 0. The Morgan fingerprint density at radius 2 is 2.00 bits per heavy atom. The highest BCUT2D eigenvalue weighted by molar-refractivity contribution is 6.30. The fourth-order valence-electron chi connectivity index (χ4n) is 1.82. The summed E-state index contributed by atoms with van der Waals surface area (Å²) >= 11 is 5.97. The number of hydrogen-bond acceptors (Lipinski definition) is 3. The van der Waals surface area contributed by atoms with Crippen molar-refractivity contribution < 1.29 is 9.47 Å². The van der Waals surface area contributed by atoms with E-state index in [1.54, 1.807) is 0 Å². The predicted molar refractivity (Wildman–Crippen MR) is 84.7 cm³/mol. The molecule has 1 aromatic carbocycles. The lowest BCUT2D eigenvalue weighted by Crippen LogP contribution is -2.45. The smallest absolute Gasteiger partial charge is 0.121 e. The molecule has 1 rings (SSSR count). The maximum Gasteiger partial charge on any atom is 0.121 e. The maximum absolute atomic E-state index is 5.97. The summed E-state index contributed by atoms with van der Waals surface area (Å²) in [5.74, 6) is 0.790. The van der Waals surface area contributed by atoms with Crippen molar-refractivity contribution in [1.29, 1.82) is 0 Å². The number of hydrogen-bond donors (Lipinski definition) is 1. The molecule has 0 fully saturated rings. The Morgan fingerprint density at radius 3 is 2.60 bits per heavy atom. The van der Waals surface area contributed by atoms with Gasteiger partial charge < -0.3 is 14.8 Å². The molecule has 0 aromatic heterocycles. The van der Waals surface area contributed by atoms with Gasteiger partial charge in [0.15, 0.2) is 0 Å². The summed E-state index contributed by atoms with van der Waals surface area (Å²) in [6.45, 7) is 9.88. The van der Waals surface area contributed by atoms with Crippen LogP contribution >= 0.6 is 11.6 Å². The minimum absolute atomic E-state index is 0.0127. The summed E-state index contributed by atoms with van der Waals surface area (Å²) in [5, 5.41) is 4.16. The summed E-state index contributed by atoms with van der Waals surface area (Å²) in [7, 11) is 0. The van der Waals surface area contributed by atoms with Gasteiger partial charge in [0.05, 0.1) is 18.8 Å². The molecule has 0 saturated heterocycles. The first kappa shape index (κ1) is 17.3. The first-order chi connectivity index (χ1) is 9.52. The Bertz CT molecular complexity index is 384. The Kier molecular flexibility index (Phi) is 7.97. The molecule has 0 radical (unpaired) electrons. The Hall–Kier alpha value is -0.770. The van der Waals surface area contributed by atoms with E-state index in [2.05, 4.69) is 19.2 Å². The van der Waals surface area contributed by atoms with Gasteiger partial charge in [-0.05, 0) is 51.9 Å². The van der Waals surface area contributed by atoms with Crippen LogP contribution in [0.3, 0.4) is 0 Å². The van der Waals surface area contributed by atoms with Crippen molar-refractivity contribution in [1.82, 2.24) is 5.32 Å². The molecule has 0 spiro atoms. The molecule has 1 N–H and O–H groups in total. The second kappa shape index (κ2) is 9.22. The molecule has 114 valence electrons. The van der Waals surface area contributed by atoms with Gasteiger partial charge in [0, 0.05) is 5.02 Å². The Labute approximate surface area is 127 Å². The SMILES string of the molecule is CCCNC(COC(C)C)C(C)Oc1cccc(Cl)c1. The average molecular weight is 300 g/mol. The van der Waals surface area contributed by atoms with Crippen molar-refractivity contribution in [3.63, 3.8) is 0 Å². The van der Waals surface area contributed by atoms with Gasteiger partial charge in [-0.1, -0.05) is 24.6 Å². The van der Waals surface area contributed by atoms with E-state index < -0.39 is 0 Å². The lowest BCUT2D eigenvalue weighted by Gasteiger charge is -2.26. The van der Waals surface area contributed by atoms with Gasteiger partial charge in [-0.15, -0.1) is 0 Å². The van der Waals surface area contributed by atoms with Crippen molar-refractivity contribution >= 4 is 11.6 Å². The fraction of sp³-hybridized carbons (Fsp3) is 0.625. The molecule has 0 saturated carbocycles. The Balaban J connectivity index is 2.58. The van der Waals surface area contributed by atoms with Crippen LogP contribution in [0.4, 0.5) is 0 Å². The number of halogens is 1. The molecule has 0 bridgehead atoms. The molecule has 0 amide bonds. The van der Waals surface area contributed by atoms with Crippen LogP contribution in [-0.2, 0) is 4.74 Å². The highest BCUT2D eigenvalue weighted by atomic mass is 35.5. The number of benzene rings is 1. The largest absolute Gasteiger partial charge is 0.489 e. The number of nitrogens with one attached hydrogen (secondary N) is 1. The molecule has 4 heteroatoms. The third-order valence-electron chi connectivity index (χ3n) is 2.95. The fourth-order valence-corrected chi connectivity index (χ4v) is 2.00. The third-order valence-corrected chi connectivity index (χ3v) is 3.19. The standard InChI is InChI=1S/C16H26ClNO2/c1-5-9-18-16(11-19-12(2)3)13(4)20-15-8-6-7-14(17)10-15/h6-8,10,12-13,16,18H,5,9,11H2,1-4H3. The van der Waals surface area contributed by atoms with Crippen molar-refractivity contribution in [3.05, 3.63) is 29.3 Å². The van der Waals surface area contributed by atoms with Crippen molar-refractivity contribution in [3.8, 4) is 5.75 Å². The van der Waals surface area contributed by atoms with Gasteiger partial charge in [-0.3, -0.25) is 0 Å². The predicted octanol–water partition coefficient (Wildman–Crippen LogP) is 3.90. The topological polar surface area (TPSA) is 30.5 Å². The van der Waals surface area contributed by atoms with E-state index in [4.69, 9.17) is 21.1 Å². The molecule has 0 aliphatic heterocycles. The highest BCUT2D eigenvalue weighted by Crippen LogP contribution is 2.19. The van der Waals surface area contributed by atoms with E-state index in [0.717, 1.165) is 18.7 Å². The molecular weight excluding hydrogens is 274 g/mol. The van der Waals surface area contributed by atoms with Crippen LogP contribution in [-0.4, -0.2) is 31.4 Å². The van der Waals surface area contributed by atoms with Crippen LogP contribution < -0.4 is 10.1 Å². The Morgan fingerprint density at radius 1 is 1.25 bits per heavy atom. The second-order valence-electron chi connectivity index (χ2n) is 5.22. The van der Waals surface area contributed by atoms with Crippen molar-refractivity contribution in [2.75, 3.05) is 13.2 Å². The molecule has 0 aliphatic rings. The summed E-state index contributed by atoms with van der Waals surface area (Å²) in [6, 6.07) is 7.65. The van der Waals surface area contributed by atoms with E-state index in [-0.39, 0.29) is 18.2 Å². The van der Waals surface area contributed by atoms with E-state index in [9.17, 15) is 0 Å². The molecule has 1 aromatic rings. The first-order valence-electron chi connectivity index (χ1n) is 7.30. The minimum Gasteiger partial charge on any atom is -0.489 e. The normalized spacial score (nSPS) is 14.3. The van der Waals surface area contributed by atoms with Crippen LogP contribution in [0.2, 0.25) is 5.02 Å². The molecule has 3 nitrogen and oxygen atoms in total. The molecule has 20 heavy (non-hydrogen) atoms. The van der Waals surface area contributed by atoms with Gasteiger partial charge in [-0.2, -0.15) is 0 Å². The molecule has 0 heterocycles. The lowest BCUT2D eigenvalue weighted by atomic mass is 10.2. The minimum atomic E-state index is 0.0127. The molecule has 2 atom stereocenters. The zero-order valence-corrected chi connectivity index (χ0v) is 13.6. The summed E-state index contributed by atoms with van der Waals surface area (Å²) in [4.78, 5) is 0. The van der Waals surface area contributed by atoms with Gasteiger partial charge >= 0.3 is 0 Å². The molecule has 0 aliphatic carbocycles. The van der Waals surface area contributed by atoms with Crippen LogP contribution in [0.25, 0.3) is 0 Å². The van der Waals surface area contributed by atoms with Gasteiger partial charge in [0.1, 0.15) is 11.9 Å². The van der Waals surface area contributed by atoms with Crippen LogP contribution in [0, 0.1) is 0 Å². The number of ether oxygens (including phenoxy) is 2. The summed E-state index contributed by atoms with van der Waals surface area (Å²) < 4.78 is 11.7. The zero-order chi connectivity index (χ0) is 15.0. The third kappa shape index (κ3) is 6.60. The van der Waals surface area contributed by atoms with E-state index in [1.807, 2.05) is 38.1 Å². The maximum atomic E-state index is 5.97. The van der Waals surface area contributed by atoms with Crippen LogP contribution in [0.15, 0.2) is 24.3 Å².